The summed E-state index contributed by atoms with van der Waals surface area (Å²) in [5.74, 6) is -2.49. The van der Waals surface area contributed by atoms with E-state index >= 15 is 0 Å². The van der Waals surface area contributed by atoms with E-state index in [1.165, 1.54) is 25.1 Å². The molecule has 0 saturated heterocycles. The van der Waals surface area contributed by atoms with E-state index in [4.69, 9.17) is 0 Å². The Kier molecular flexibility index (Phi) is 3.12. The number of hydrogen-bond donors (Lipinski definition) is 0. The molecule has 0 atom stereocenters. The number of ketones is 1. The Labute approximate surface area is 81.1 Å². The number of aryl methyl sites for hydroxylation is 1. The average molecular weight is 196 g/mol. The first-order valence-electron chi connectivity index (χ1n) is 4.16. The quantitative estimate of drug-likeness (QED) is 0.536. The molecule has 1 nitrogen and oxygen atoms in total. The molecular formula is C11H10F2O. The Balaban J connectivity index is 3.17. The molecule has 0 amide bonds. The van der Waals surface area contributed by atoms with E-state index in [1.54, 1.807) is 0 Å². The molecule has 0 spiro atoms. The van der Waals surface area contributed by atoms with Crippen LogP contribution in [0.15, 0.2) is 24.8 Å². The highest BCUT2D eigenvalue weighted by Crippen LogP contribution is 2.16. The summed E-state index contributed by atoms with van der Waals surface area (Å²) in [6, 6.07) is 2.67. The Morgan fingerprint density at radius 2 is 2.07 bits per heavy atom. The second-order valence-corrected chi connectivity index (χ2v) is 2.97. The fourth-order valence-electron chi connectivity index (χ4n) is 1.10. The minimum absolute atomic E-state index is 0.0133. The smallest absolute Gasteiger partial charge is 0.169 e. The van der Waals surface area contributed by atoms with Gasteiger partial charge in [-0.05, 0) is 18.6 Å². The lowest BCUT2D eigenvalue weighted by atomic mass is 10.1. The van der Waals surface area contributed by atoms with Crippen LogP contribution in [0.5, 0.6) is 0 Å². The first-order chi connectivity index (χ1) is 6.57. The number of carbonyl (C=O) groups is 1. The zero-order valence-electron chi connectivity index (χ0n) is 7.81. The molecule has 0 aromatic heterocycles. The molecule has 0 bridgehead atoms. The van der Waals surface area contributed by atoms with Gasteiger partial charge in [-0.25, -0.2) is 8.78 Å². The van der Waals surface area contributed by atoms with E-state index in [-0.39, 0.29) is 17.5 Å². The van der Waals surface area contributed by atoms with Gasteiger partial charge in [-0.2, -0.15) is 0 Å². The summed E-state index contributed by atoms with van der Waals surface area (Å²) in [6.45, 7) is 4.80. The van der Waals surface area contributed by atoms with Gasteiger partial charge < -0.3 is 0 Å². The van der Waals surface area contributed by atoms with Crippen molar-refractivity contribution in [3.05, 3.63) is 47.5 Å². The second-order valence-electron chi connectivity index (χ2n) is 2.97. The summed E-state index contributed by atoms with van der Waals surface area (Å²) in [4.78, 5) is 11.3. The number of rotatable bonds is 3. The molecule has 0 N–H and O–H groups in total. The third-order valence-corrected chi connectivity index (χ3v) is 1.91. The molecule has 14 heavy (non-hydrogen) atoms. The highest BCUT2D eigenvalue weighted by atomic mass is 19.2. The van der Waals surface area contributed by atoms with Crippen molar-refractivity contribution in [1.82, 2.24) is 0 Å². The van der Waals surface area contributed by atoms with Crippen molar-refractivity contribution in [3.8, 4) is 0 Å². The SMILES string of the molecule is C=CCC(=O)c1ccc(C)c(F)c1F. The van der Waals surface area contributed by atoms with Crippen molar-refractivity contribution < 1.29 is 13.6 Å². The predicted molar refractivity (Wildman–Crippen MR) is 50.2 cm³/mol. The molecule has 0 fully saturated rings. The predicted octanol–water partition coefficient (Wildman–Crippen LogP) is 3.03. The number of carbonyl (C=O) groups excluding carboxylic acids is 1. The fourth-order valence-corrected chi connectivity index (χ4v) is 1.10. The Bertz CT molecular complexity index is 383. The largest absolute Gasteiger partial charge is 0.294 e. The number of Topliss-reactive ketones (excluding diaryl/α,β-unsaturated/α-hetero) is 1. The summed E-state index contributed by atoms with van der Waals surface area (Å²) in [6.07, 6.45) is 1.37. The van der Waals surface area contributed by atoms with Gasteiger partial charge in [-0.15, -0.1) is 6.58 Å². The molecule has 0 unspecified atom stereocenters. The highest BCUT2D eigenvalue weighted by Gasteiger charge is 2.15. The normalized spacial score (nSPS) is 9.93. The third-order valence-electron chi connectivity index (χ3n) is 1.91. The van der Waals surface area contributed by atoms with E-state index < -0.39 is 17.4 Å². The van der Waals surface area contributed by atoms with Crippen LogP contribution in [0, 0.1) is 18.6 Å². The zero-order chi connectivity index (χ0) is 10.7. The minimum atomic E-state index is -1.07. The van der Waals surface area contributed by atoms with E-state index in [0.29, 0.717) is 0 Å². The summed E-state index contributed by atoms with van der Waals surface area (Å²) in [7, 11) is 0. The first kappa shape index (κ1) is 10.6. The minimum Gasteiger partial charge on any atom is -0.294 e. The standard InChI is InChI=1S/C11H10F2O/c1-3-4-9(14)8-6-5-7(2)10(12)11(8)13/h3,5-6H,1,4H2,2H3. The van der Waals surface area contributed by atoms with Crippen LogP contribution >= 0.6 is 0 Å². The van der Waals surface area contributed by atoms with Gasteiger partial charge in [-0.3, -0.25) is 4.79 Å². The van der Waals surface area contributed by atoms with E-state index in [1.807, 2.05) is 0 Å². The van der Waals surface area contributed by atoms with Crippen LogP contribution in [0.4, 0.5) is 8.78 Å². The van der Waals surface area contributed by atoms with Crippen molar-refractivity contribution >= 4 is 5.78 Å². The van der Waals surface area contributed by atoms with Gasteiger partial charge in [0.05, 0.1) is 5.56 Å². The van der Waals surface area contributed by atoms with Gasteiger partial charge in [0.25, 0.3) is 0 Å². The maximum absolute atomic E-state index is 13.2. The molecule has 0 aliphatic carbocycles. The summed E-state index contributed by atoms with van der Waals surface area (Å²) >= 11 is 0. The molecule has 1 aromatic rings. The maximum atomic E-state index is 13.2. The Morgan fingerprint density at radius 3 is 2.64 bits per heavy atom. The van der Waals surface area contributed by atoms with Crippen LogP contribution in [-0.4, -0.2) is 5.78 Å². The summed E-state index contributed by atoms with van der Waals surface area (Å²) < 4.78 is 26.2. The Hall–Kier alpha value is -1.51. The second kappa shape index (κ2) is 4.13. The molecule has 1 rings (SSSR count). The van der Waals surface area contributed by atoms with Gasteiger partial charge in [0.1, 0.15) is 0 Å². The van der Waals surface area contributed by atoms with Gasteiger partial charge >= 0.3 is 0 Å². The zero-order valence-corrected chi connectivity index (χ0v) is 7.81. The monoisotopic (exact) mass is 196 g/mol. The molecule has 74 valence electrons. The van der Waals surface area contributed by atoms with Crippen molar-refractivity contribution in [2.75, 3.05) is 0 Å². The van der Waals surface area contributed by atoms with Crippen LogP contribution in [0.2, 0.25) is 0 Å². The highest BCUT2D eigenvalue weighted by molar-refractivity contribution is 5.97. The lowest BCUT2D eigenvalue weighted by molar-refractivity contribution is 0.0991. The van der Waals surface area contributed by atoms with Crippen molar-refractivity contribution in [2.45, 2.75) is 13.3 Å². The van der Waals surface area contributed by atoms with Gasteiger partial charge in [0.15, 0.2) is 17.4 Å². The molecule has 3 heteroatoms. The van der Waals surface area contributed by atoms with Crippen LogP contribution in [0.3, 0.4) is 0 Å². The first-order valence-corrected chi connectivity index (χ1v) is 4.16. The molecule has 1 aromatic carbocycles. The molecular weight excluding hydrogens is 186 g/mol. The van der Waals surface area contributed by atoms with E-state index in [2.05, 4.69) is 6.58 Å². The number of allylic oxidation sites excluding steroid dienone is 1. The molecule has 0 radical (unpaired) electrons. The molecule has 0 heterocycles. The van der Waals surface area contributed by atoms with Crippen molar-refractivity contribution in [2.24, 2.45) is 0 Å². The van der Waals surface area contributed by atoms with Crippen molar-refractivity contribution in [3.63, 3.8) is 0 Å². The van der Waals surface area contributed by atoms with Gasteiger partial charge in [0, 0.05) is 6.42 Å². The van der Waals surface area contributed by atoms with Crippen LogP contribution in [-0.2, 0) is 0 Å². The molecule has 0 saturated carbocycles. The number of benzene rings is 1. The van der Waals surface area contributed by atoms with Crippen molar-refractivity contribution in [1.29, 1.82) is 0 Å². The Morgan fingerprint density at radius 1 is 1.43 bits per heavy atom. The fraction of sp³-hybridized carbons (Fsp3) is 0.182. The number of hydrogen-bond acceptors (Lipinski definition) is 1. The van der Waals surface area contributed by atoms with Crippen LogP contribution < -0.4 is 0 Å². The molecule has 0 aliphatic heterocycles. The topological polar surface area (TPSA) is 17.1 Å². The summed E-state index contributed by atoms with van der Waals surface area (Å²) in [5, 5.41) is 0. The van der Waals surface area contributed by atoms with Gasteiger partial charge in [-0.1, -0.05) is 12.1 Å². The summed E-state index contributed by atoms with van der Waals surface area (Å²) in [5.41, 5.74) is -0.0225. The number of halogens is 2. The van der Waals surface area contributed by atoms with Crippen LogP contribution in [0.25, 0.3) is 0 Å². The lowest BCUT2D eigenvalue weighted by Crippen LogP contribution is -2.04. The van der Waals surface area contributed by atoms with E-state index in [0.717, 1.165) is 0 Å². The molecule has 0 aliphatic rings. The lowest BCUT2D eigenvalue weighted by Gasteiger charge is -2.03. The van der Waals surface area contributed by atoms with E-state index in [9.17, 15) is 13.6 Å². The third kappa shape index (κ3) is 1.87. The van der Waals surface area contributed by atoms with Gasteiger partial charge in [0.2, 0.25) is 0 Å². The maximum Gasteiger partial charge on any atom is 0.169 e. The average Bonchev–Trinajstić information content (AvgIpc) is 2.15. The van der Waals surface area contributed by atoms with Crippen LogP contribution in [0.1, 0.15) is 22.3 Å².